The predicted octanol–water partition coefficient (Wildman–Crippen LogP) is 22.6. The summed E-state index contributed by atoms with van der Waals surface area (Å²) in [6.07, 6.45) is 8.10. The van der Waals surface area contributed by atoms with Gasteiger partial charge in [-0.05, 0) is 224 Å². The smallest absolute Gasteiger partial charge is 0.338 e. The Hall–Kier alpha value is -12.6. The number of rotatable bonds is 37. The zero-order valence-corrected chi connectivity index (χ0v) is 93.3. The number of benzene rings is 6. The molecule has 792 valence electrons. The van der Waals surface area contributed by atoms with Crippen molar-refractivity contribution < 1.29 is 115 Å². The third-order valence-corrected chi connectivity index (χ3v) is 40.3. The van der Waals surface area contributed by atoms with Crippen molar-refractivity contribution in [2.45, 2.75) is 210 Å². The van der Waals surface area contributed by atoms with Crippen molar-refractivity contribution in [1.29, 1.82) is 0 Å². The van der Waals surface area contributed by atoms with Gasteiger partial charge in [-0.15, -0.1) is 0 Å². The maximum atomic E-state index is 13.4. The molecule has 7 heterocycles. The Bertz CT molecular complexity index is 6610. The van der Waals surface area contributed by atoms with Gasteiger partial charge in [0.05, 0.1) is 135 Å². The fraction of sp³-hybridized carbons (Fsp3) is 0.411. The first-order valence-electron chi connectivity index (χ1n) is 48.7. The second kappa shape index (κ2) is 56.0. The number of carboxylic acids is 1. The van der Waals surface area contributed by atoms with E-state index in [1.807, 2.05) is 40.7 Å². The number of aromatic nitrogens is 6. The van der Waals surface area contributed by atoms with E-state index in [4.69, 9.17) is 79.3 Å². The number of carbonyl (C=O) groups excluding carboxylic acids is 5. The summed E-state index contributed by atoms with van der Waals surface area (Å²) in [6.45, 7) is 46.2. The van der Waals surface area contributed by atoms with Gasteiger partial charge in [-0.2, -0.15) is 0 Å². The van der Waals surface area contributed by atoms with Gasteiger partial charge in [-0.25, -0.2) is 67.2 Å². The number of aromatic carboxylic acids is 1. The molecule has 0 amide bonds. The second-order valence-electron chi connectivity index (χ2n) is 36.7. The zero-order valence-electron chi connectivity index (χ0n) is 88.8. The summed E-state index contributed by atoms with van der Waals surface area (Å²) in [5, 5.41) is 43.9. The van der Waals surface area contributed by atoms with Crippen LogP contribution in [0.5, 0.6) is 34.5 Å². The van der Waals surface area contributed by atoms with Gasteiger partial charge in [0.2, 0.25) is 0 Å². The summed E-state index contributed by atoms with van der Waals surface area (Å²) < 4.78 is 98.1. The SMILES string of the molecule is C=C(OCC)c1ccc2cc(C(=O)OCC)cc(OC)c2n1.C=[C](OCC)[Sn]([CH2]CCC)([CH2]CCC)[CH2]CCC.CC(C)(C)S(=O)N[C@]1(C)COc2c1cc([C@](C)(O)CN)nc2-c1ccc(F)cc1.CCOC(=O)c1cc(OC)c2nc(C(C)(C)O)ccc2c1.CCOC(=O)c1cc(OC)c2nc(C(C)=O)ccc2c1.CCOC(=O)c1cc(OC)c2nc(Cl)ccc2c1.COc1cc(C(=O)O)cc2ccc(C(C)(C)O)nc12. The summed E-state index contributed by atoms with van der Waals surface area (Å²) in [4.78, 5) is 95.9. The predicted molar refractivity (Wildman–Crippen MR) is 576 cm³/mol. The topological polar surface area (TPSA) is 427 Å². The number of hydrogen-bond donors (Lipinski definition) is 6. The molecule has 31 nitrogen and oxygen atoms in total. The Morgan fingerprint density at radius 1 is 0.469 bits per heavy atom. The molecule has 0 aliphatic carbocycles. The van der Waals surface area contributed by atoms with Crippen LogP contribution in [0.1, 0.15) is 261 Å². The quantitative estimate of drug-likeness (QED) is 0.00526. The number of ether oxygens (including phenoxy) is 12. The first-order chi connectivity index (χ1) is 69.5. The zero-order chi connectivity index (χ0) is 109. The number of hydrogen-bond acceptors (Lipinski definition) is 29. The van der Waals surface area contributed by atoms with Gasteiger partial charge in [0.1, 0.15) is 114 Å². The third-order valence-electron chi connectivity index (χ3n) is 23.3. The number of carbonyl (C=O) groups is 6. The molecule has 0 fully saturated rings. The van der Waals surface area contributed by atoms with Crippen molar-refractivity contribution >= 4 is 137 Å². The second-order valence-corrected chi connectivity index (χ2v) is 52.2. The van der Waals surface area contributed by atoms with Crippen LogP contribution in [0.25, 0.3) is 71.5 Å². The van der Waals surface area contributed by atoms with Crippen LogP contribution in [0.2, 0.25) is 18.5 Å². The number of fused-ring (bicyclic) bond motifs is 6. The molecule has 1 aliphatic rings. The van der Waals surface area contributed by atoms with E-state index in [1.54, 1.807) is 184 Å². The van der Waals surface area contributed by atoms with Crippen molar-refractivity contribution in [3.8, 4) is 45.8 Å². The molecule has 0 bridgehead atoms. The molecular formula is C112H142ClFN8O23SSn. The van der Waals surface area contributed by atoms with Crippen molar-refractivity contribution in [2.24, 2.45) is 5.73 Å². The van der Waals surface area contributed by atoms with Crippen molar-refractivity contribution in [1.82, 2.24) is 34.6 Å². The van der Waals surface area contributed by atoms with E-state index in [-0.39, 0.29) is 42.3 Å². The molecule has 0 saturated heterocycles. The maximum absolute atomic E-state index is 13.4. The average Bonchev–Trinajstić information content (AvgIpc) is 1.56. The van der Waals surface area contributed by atoms with Gasteiger partial charge >= 0.3 is 149 Å². The standard InChI is InChI=1S/C21H28FN3O3S.C17H19NO4.C16H19NO4.C15H15NO4.C14H15NO4.C13H12ClNO3.C4H7O.3C4H9.Sn/c1-19(2,3)29(27)25-20(4)12-28-18-15(20)10-16(21(5,26)11-23)24-17(18)13-6-8-14(22)9-7-13;1-5-21-11(3)14-8-7-12-9-13(17(19)22-6-2)10-15(20-4)16(12)18-14;1-5-21-15(18)11-8-10-6-7-13(16(2,3)19)17-14(10)12(9-11)20-4;1-4-20-15(18)11-7-10-5-6-12(9(2)17)16-14(10)13(8-11)19-3;1-14(2,18)11-5-4-8-6-9(13(16)17)7-10(19-3)12(8)15-11;1-3-18-13(16)9-6-8-4-5-11(14)15-12(8)10(7-9)17-2;1-3-5-4-2;3*1-3-4-2;/h6-10,25-26H,11-12,23H2,1-5H3;7-10H,3,5-6H2,1-2,4H3;6-9,19H,5H2,1-4H3;5-8H,4H2,1-3H3;4-7,18H,1-3H3,(H,16,17);4-7H,3H2,1-2H3;1,4H2,2H3;3*1,3-4H2,2H3;/t20-,21-,29?;;;;;;;;;;/m1........../s1. The Kier molecular flexibility index (Phi) is 46.2. The molecular weight excluding hydrogens is 2030 g/mol. The fourth-order valence-corrected chi connectivity index (χ4v) is 30.8. The van der Waals surface area contributed by atoms with Crippen LogP contribution in [0.4, 0.5) is 4.39 Å². The largest absolute Gasteiger partial charge is 0.494 e. The number of carboxylic acid groups (broad SMARTS) is 1. The van der Waals surface area contributed by atoms with Gasteiger partial charge in [0, 0.05) is 51.5 Å². The molecule has 6 aromatic heterocycles. The van der Waals surface area contributed by atoms with E-state index >= 15 is 0 Å². The van der Waals surface area contributed by atoms with E-state index in [2.05, 4.69) is 75.5 Å². The van der Waals surface area contributed by atoms with Crippen molar-refractivity contribution in [2.75, 3.05) is 88.3 Å². The fourth-order valence-electron chi connectivity index (χ4n) is 15.2. The summed E-state index contributed by atoms with van der Waals surface area (Å²) >= 11 is 3.60. The molecule has 0 spiro atoms. The minimum atomic E-state index is -2.24. The Labute approximate surface area is 872 Å². The number of nitrogens with two attached hydrogens (primary N) is 1. The average molecular weight is 2170 g/mol. The number of nitrogens with zero attached hydrogens (tertiary/aromatic N) is 6. The number of aliphatic hydroxyl groups is 3. The van der Waals surface area contributed by atoms with Crippen molar-refractivity contribution in [3.63, 3.8) is 0 Å². The summed E-state index contributed by atoms with van der Waals surface area (Å²) in [7, 11) is 6.18. The van der Waals surface area contributed by atoms with E-state index in [0.717, 1.165) is 33.7 Å². The summed E-state index contributed by atoms with van der Waals surface area (Å²) in [5.41, 5.74) is 10.6. The van der Waals surface area contributed by atoms with Crippen LogP contribution in [-0.2, 0) is 61.7 Å². The monoisotopic (exact) mass is 2170 g/mol. The number of halogens is 2. The maximum Gasteiger partial charge on any atom is 0.338 e. The molecule has 0 radical (unpaired) electrons. The molecule has 7 N–H and O–H groups in total. The molecule has 12 aromatic rings. The van der Waals surface area contributed by atoms with Gasteiger partial charge in [-0.1, -0.05) is 42.4 Å². The van der Waals surface area contributed by atoms with Crippen molar-refractivity contribution in [3.05, 3.63) is 241 Å². The summed E-state index contributed by atoms with van der Waals surface area (Å²) in [6, 6.07) is 41.2. The number of methoxy groups -OCH3 is 5. The molecule has 0 saturated carbocycles. The van der Waals surface area contributed by atoms with Crippen LogP contribution in [0, 0.1) is 5.82 Å². The van der Waals surface area contributed by atoms with Crippen LogP contribution in [0.3, 0.4) is 0 Å². The molecule has 6 aromatic carbocycles. The number of unbranched alkanes of at least 4 members (excludes halogenated alkanes) is 3. The van der Waals surface area contributed by atoms with E-state index in [9.17, 15) is 52.7 Å². The molecule has 13 rings (SSSR count). The van der Waals surface area contributed by atoms with Crippen LogP contribution in [0.15, 0.2) is 169 Å². The number of esters is 4. The van der Waals surface area contributed by atoms with E-state index < -0.39 is 74.4 Å². The van der Waals surface area contributed by atoms with Gasteiger partial charge in [0.15, 0.2) is 11.5 Å². The number of Topliss-reactive ketones (excluding diaryl/α,β-unsaturated/α-hetero) is 1. The Morgan fingerprint density at radius 3 is 1.16 bits per heavy atom. The van der Waals surface area contributed by atoms with Gasteiger partial charge in [-0.3, -0.25) is 4.79 Å². The molecule has 3 atom stereocenters. The molecule has 1 unspecified atom stereocenters. The first-order valence-corrected chi connectivity index (χ1v) is 57.7. The minimum absolute atomic E-state index is 0.0272. The third kappa shape index (κ3) is 33.2. The normalized spacial score (nSPS) is 13.1. The van der Waals surface area contributed by atoms with Gasteiger partial charge < -0.3 is 78.3 Å². The van der Waals surface area contributed by atoms with Gasteiger partial charge in [0.25, 0.3) is 0 Å². The Balaban J connectivity index is 0.000000234. The first kappa shape index (κ1) is 121. The number of ketones is 1. The Morgan fingerprint density at radius 2 is 0.816 bits per heavy atom. The molecule has 1 aliphatic heterocycles. The van der Waals surface area contributed by atoms with Crippen LogP contribution < -0.4 is 38.9 Å². The van der Waals surface area contributed by atoms with Crippen LogP contribution in [-0.4, -0.2) is 202 Å². The molecule has 147 heavy (non-hydrogen) atoms. The van der Waals surface area contributed by atoms with Crippen LogP contribution >= 0.6 is 11.6 Å². The molecule has 35 heteroatoms. The summed E-state index contributed by atoms with van der Waals surface area (Å²) in [5.74, 6) is 0.237. The van der Waals surface area contributed by atoms with E-state index in [0.29, 0.717) is 173 Å². The number of pyridine rings is 6. The number of nitrogens with one attached hydrogen (secondary N) is 1. The minimum Gasteiger partial charge on any atom is -0.494 e. The van der Waals surface area contributed by atoms with E-state index in [1.165, 1.54) is 122 Å².